The number of hydrogen-bond donors (Lipinski definition) is 1. The van der Waals surface area contributed by atoms with Gasteiger partial charge in [0.1, 0.15) is 0 Å². The van der Waals surface area contributed by atoms with Crippen LogP contribution in [0.4, 0.5) is 13.2 Å². The average molecular weight is 301 g/mol. The number of carbonyl (C=O) groups is 1. The van der Waals surface area contributed by atoms with E-state index in [0.717, 1.165) is 38.2 Å². The standard InChI is InChI=1S/C15H18F3NO2/c16-15(17,18)13-3-1-2-12(8-13)9-14(20)19-6-4-11-5-7-21-10-11/h1-3,8,11H,4-7,9-10H2,(H,19,20). The second-order valence-electron chi connectivity index (χ2n) is 5.24. The zero-order chi connectivity index (χ0) is 15.3. The molecule has 1 aliphatic heterocycles. The van der Waals surface area contributed by atoms with Gasteiger partial charge in [0, 0.05) is 19.8 Å². The van der Waals surface area contributed by atoms with E-state index in [2.05, 4.69) is 5.32 Å². The second kappa shape index (κ2) is 6.93. The molecule has 1 N–H and O–H groups in total. The average Bonchev–Trinajstić information content (AvgIpc) is 2.91. The minimum atomic E-state index is -4.38. The molecule has 1 aliphatic rings. The summed E-state index contributed by atoms with van der Waals surface area (Å²) in [6.07, 6.45) is -2.57. The minimum absolute atomic E-state index is 0.0366. The normalized spacial score (nSPS) is 18.7. The fraction of sp³-hybridized carbons (Fsp3) is 0.533. The Labute approximate surface area is 121 Å². The molecule has 1 fully saturated rings. The summed E-state index contributed by atoms with van der Waals surface area (Å²) in [6.45, 7) is 2.03. The fourth-order valence-corrected chi connectivity index (χ4v) is 2.33. The number of rotatable bonds is 5. The Morgan fingerprint density at radius 1 is 1.38 bits per heavy atom. The van der Waals surface area contributed by atoms with Crippen LogP contribution in [0, 0.1) is 5.92 Å². The summed E-state index contributed by atoms with van der Waals surface area (Å²) < 4.78 is 42.9. The van der Waals surface area contributed by atoms with Crippen molar-refractivity contribution in [2.24, 2.45) is 5.92 Å². The van der Waals surface area contributed by atoms with Gasteiger partial charge in [-0.25, -0.2) is 0 Å². The molecule has 1 saturated heterocycles. The Bertz CT molecular complexity index is 482. The Balaban J connectivity index is 1.79. The van der Waals surface area contributed by atoms with Crippen LogP contribution in [-0.2, 0) is 22.1 Å². The van der Waals surface area contributed by atoms with E-state index in [1.807, 2.05) is 0 Å². The molecule has 0 aliphatic carbocycles. The third-order valence-electron chi connectivity index (χ3n) is 3.52. The molecule has 0 spiro atoms. The van der Waals surface area contributed by atoms with Crippen LogP contribution < -0.4 is 5.32 Å². The third kappa shape index (κ3) is 5.04. The van der Waals surface area contributed by atoms with E-state index < -0.39 is 11.7 Å². The van der Waals surface area contributed by atoms with Crippen LogP contribution in [0.3, 0.4) is 0 Å². The maximum absolute atomic E-state index is 12.6. The highest BCUT2D eigenvalue weighted by molar-refractivity contribution is 5.78. The van der Waals surface area contributed by atoms with Crippen molar-refractivity contribution >= 4 is 5.91 Å². The Morgan fingerprint density at radius 2 is 2.19 bits per heavy atom. The van der Waals surface area contributed by atoms with Crippen molar-refractivity contribution in [1.82, 2.24) is 5.32 Å². The number of nitrogens with one attached hydrogen (secondary N) is 1. The number of hydrogen-bond acceptors (Lipinski definition) is 2. The largest absolute Gasteiger partial charge is 0.416 e. The van der Waals surface area contributed by atoms with E-state index in [0.29, 0.717) is 18.0 Å². The van der Waals surface area contributed by atoms with Gasteiger partial charge >= 0.3 is 6.18 Å². The quantitative estimate of drug-likeness (QED) is 0.908. The molecule has 1 unspecified atom stereocenters. The summed E-state index contributed by atoms with van der Waals surface area (Å²) in [7, 11) is 0. The van der Waals surface area contributed by atoms with E-state index in [1.165, 1.54) is 12.1 Å². The second-order valence-corrected chi connectivity index (χ2v) is 5.24. The van der Waals surface area contributed by atoms with Crippen LogP contribution in [0.1, 0.15) is 24.0 Å². The van der Waals surface area contributed by atoms with E-state index in [-0.39, 0.29) is 12.3 Å². The van der Waals surface area contributed by atoms with Crippen LogP contribution in [0.5, 0.6) is 0 Å². The number of carbonyl (C=O) groups excluding carboxylic acids is 1. The molecule has 0 radical (unpaired) electrons. The maximum atomic E-state index is 12.6. The minimum Gasteiger partial charge on any atom is -0.381 e. The first-order chi connectivity index (χ1) is 9.95. The van der Waals surface area contributed by atoms with Crippen LogP contribution >= 0.6 is 0 Å². The molecular weight excluding hydrogens is 283 g/mol. The van der Waals surface area contributed by atoms with Gasteiger partial charge in [-0.05, 0) is 30.4 Å². The van der Waals surface area contributed by atoms with E-state index in [9.17, 15) is 18.0 Å². The summed E-state index contributed by atoms with van der Waals surface area (Å²) in [5.74, 6) is 0.215. The number of ether oxygens (including phenoxy) is 1. The molecule has 6 heteroatoms. The van der Waals surface area contributed by atoms with Gasteiger partial charge in [-0.2, -0.15) is 13.2 Å². The highest BCUT2D eigenvalue weighted by Crippen LogP contribution is 2.29. The summed E-state index contributed by atoms with van der Waals surface area (Å²) in [5, 5.41) is 2.74. The van der Waals surface area contributed by atoms with Gasteiger partial charge < -0.3 is 10.1 Å². The summed E-state index contributed by atoms with van der Waals surface area (Å²) in [6, 6.07) is 4.87. The lowest BCUT2D eigenvalue weighted by Gasteiger charge is -2.10. The van der Waals surface area contributed by atoms with E-state index in [4.69, 9.17) is 4.74 Å². The first kappa shape index (κ1) is 15.8. The topological polar surface area (TPSA) is 38.3 Å². The van der Waals surface area contributed by atoms with Crippen molar-refractivity contribution in [1.29, 1.82) is 0 Å². The zero-order valence-corrected chi connectivity index (χ0v) is 11.6. The van der Waals surface area contributed by atoms with Gasteiger partial charge in [-0.3, -0.25) is 4.79 Å². The SMILES string of the molecule is O=C(Cc1cccc(C(F)(F)F)c1)NCCC1CCOC1. The molecule has 1 heterocycles. The van der Waals surface area contributed by atoms with Crippen molar-refractivity contribution in [3.63, 3.8) is 0 Å². The number of amides is 1. The van der Waals surface area contributed by atoms with Gasteiger partial charge in [0.2, 0.25) is 5.91 Å². The molecule has 1 aromatic rings. The van der Waals surface area contributed by atoms with E-state index in [1.54, 1.807) is 0 Å². The zero-order valence-electron chi connectivity index (χ0n) is 11.6. The molecular formula is C15H18F3NO2. The monoisotopic (exact) mass is 301 g/mol. The highest BCUT2D eigenvalue weighted by atomic mass is 19.4. The van der Waals surface area contributed by atoms with Crippen molar-refractivity contribution < 1.29 is 22.7 Å². The van der Waals surface area contributed by atoms with E-state index >= 15 is 0 Å². The van der Waals surface area contributed by atoms with Crippen LogP contribution in [0.25, 0.3) is 0 Å². The molecule has 1 aromatic carbocycles. The fourth-order valence-electron chi connectivity index (χ4n) is 2.33. The first-order valence-corrected chi connectivity index (χ1v) is 6.96. The lowest BCUT2D eigenvalue weighted by atomic mass is 10.0. The molecule has 1 atom stereocenters. The van der Waals surface area contributed by atoms with Crippen LogP contribution in [0.15, 0.2) is 24.3 Å². The molecule has 3 nitrogen and oxygen atoms in total. The molecule has 0 aromatic heterocycles. The lowest BCUT2D eigenvalue weighted by Crippen LogP contribution is -2.27. The van der Waals surface area contributed by atoms with Crippen molar-refractivity contribution in [3.05, 3.63) is 35.4 Å². The Hall–Kier alpha value is -1.56. The summed E-state index contributed by atoms with van der Waals surface area (Å²) in [5.41, 5.74) is -0.359. The number of halogens is 3. The van der Waals surface area contributed by atoms with Gasteiger partial charge in [0.05, 0.1) is 12.0 Å². The maximum Gasteiger partial charge on any atom is 0.416 e. The predicted octanol–water partition coefficient (Wildman–Crippen LogP) is 2.79. The molecule has 116 valence electrons. The van der Waals surface area contributed by atoms with Gasteiger partial charge in [-0.15, -0.1) is 0 Å². The molecule has 21 heavy (non-hydrogen) atoms. The summed E-state index contributed by atoms with van der Waals surface area (Å²) >= 11 is 0. The Morgan fingerprint density at radius 3 is 2.86 bits per heavy atom. The van der Waals surface area contributed by atoms with Gasteiger partial charge in [0.15, 0.2) is 0 Å². The number of benzene rings is 1. The lowest BCUT2D eigenvalue weighted by molar-refractivity contribution is -0.137. The summed E-state index contributed by atoms with van der Waals surface area (Å²) in [4.78, 5) is 11.7. The molecule has 0 bridgehead atoms. The smallest absolute Gasteiger partial charge is 0.381 e. The highest BCUT2D eigenvalue weighted by Gasteiger charge is 2.30. The van der Waals surface area contributed by atoms with Crippen LogP contribution in [0.2, 0.25) is 0 Å². The Kier molecular flexibility index (Phi) is 5.22. The van der Waals surface area contributed by atoms with Gasteiger partial charge in [0.25, 0.3) is 0 Å². The molecule has 2 rings (SSSR count). The van der Waals surface area contributed by atoms with Crippen LogP contribution in [-0.4, -0.2) is 25.7 Å². The number of alkyl halides is 3. The van der Waals surface area contributed by atoms with Crippen molar-refractivity contribution in [2.45, 2.75) is 25.4 Å². The third-order valence-corrected chi connectivity index (χ3v) is 3.52. The van der Waals surface area contributed by atoms with Crippen molar-refractivity contribution in [2.75, 3.05) is 19.8 Å². The van der Waals surface area contributed by atoms with Gasteiger partial charge in [-0.1, -0.05) is 18.2 Å². The first-order valence-electron chi connectivity index (χ1n) is 6.96. The molecule has 1 amide bonds. The van der Waals surface area contributed by atoms with Crippen molar-refractivity contribution in [3.8, 4) is 0 Å². The molecule has 0 saturated carbocycles. The predicted molar refractivity (Wildman–Crippen MR) is 71.7 cm³/mol.